The zero-order valence-corrected chi connectivity index (χ0v) is 25.6. The lowest BCUT2D eigenvalue weighted by atomic mass is 10.0. The Balaban J connectivity index is 1.53. The third-order valence-electron chi connectivity index (χ3n) is 6.84. The molecule has 1 aliphatic rings. The number of hydrogen-bond donors (Lipinski definition) is 1. The van der Waals surface area contributed by atoms with Crippen molar-refractivity contribution in [3.63, 3.8) is 0 Å². The molecule has 3 aromatic rings. The van der Waals surface area contributed by atoms with Crippen LogP contribution in [-0.4, -0.2) is 33.2 Å². The van der Waals surface area contributed by atoms with Gasteiger partial charge in [0.2, 0.25) is 15.5 Å². The average Bonchev–Trinajstić information content (AvgIpc) is 3.25. The predicted octanol–water partition coefficient (Wildman–Crippen LogP) is 4.63. The van der Waals surface area contributed by atoms with Crippen molar-refractivity contribution >= 4 is 50.4 Å². The molecule has 2 aromatic carbocycles. The van der Waals surface area contributed by atoms with E-state index in [4.69, 9.17) is 0 Å². The SMILES string of the molecule is CCCCS(=O)(=O)NCC[n+]1ccc(/C=C/C(C)=C/C=C2\Sc3cc(C)ccc3N2CC(=O)[O-])c2cc(C)ccc21. The summed E-state index contributed by atoms with van der Waals surface area (Å²) in [5.74, 6) is -0.968. The number of hydrogen-bond acceptors (Lipinski definition) is 6. The summed E-state index contributed by atoms with van der Waals surface area (Å²) in [6.07, 6.45) is 11.5. The number of aromatic nitrogens is 1. The van der Waals surface area contributed by atoms with Crippen molar-refractivity contribution < 1.29 is 22.9 Å². The third-order valence-corrected chi connectivity index (χ3v) is 9.42. The Morgan fingerprint density at radius 3 is 2.63 bits per heavy atom. The van der Waals surface area contributed by atoms with Crippen LogP contribution >= 0.6 is 11.8 Å². The number of nitrogens with zero attached hydrogens (tertiary/aromatic N) is 2. The summed E-state index contributed by atoms with van der Waals surface area (Å²) in [5, 5.41) is 13.3. The van der Waals surface area contributed by atoms with E-state index in [0.717, 1.165) is 55.2 Å². The lowest BCUT2D eigenvalue weighted by molar-refractivity contribution is -0.669. The Kier molecular flexibility index (Phi) is 10.1. The average molecular weight is 592 g/mol. The van der Waals surface area contributed by atoms with E-state index in [1.165, 1.54) is 0 Å². The van der Waals surface area contributed by atoms with Gasteiger partial charge in [0.05, 0.1) is 40.9 Å². The third kappa shape index (κ3) is 8.09. The van der Waals surface area contributed by atoms with Crippen molar-refractivity contribution in [2.24, 2.45) is 0 Å². The molecule has 2 heterocycles. The van der Waals surface area contributed by atoms with Crippen LogP contribution in [0.1, 0.15) is 43.4 Å². The minimum Gasteiger partial charge on any atom is -0.548 e. The zero-order chi connectivity index (χ0) is 29.6. The number of aliphatic carboxylic acids is 1. The van der Waals surface area contributed by atoms with Crippen LogP contribution in [0, 0.1) is 13.8 Å². The van der Waals surface area contributed by atoms with E-state index >= 15 is 0 Å². The van der Waals surface area contributed by atoms with Gasteiger partial charge in [0.1, 0.15) is 0 Å². The standard InChI is InChI=1S/C32H37N3O4S2/c1-5-6-19-41(38,39)33-16-18-34-17-15-26(27-20-24(3)8-12-28(27)34)11-7-23(2)10-14-31-35(22-32(36)37)29-13-9-25(4)21-30(29)40-31/h7-15,17,20-21,33H,5-6,16,18-19,22H2,1-4H3. The Hall–Kier alpha value is -3.40. The van der Waals surface area contributed by atoms with Gasteiger partial charge in [-0.1, -0.05) is 66.6 Å². The molecule has 0 bridgehead atoms. The van der Waals surface area contributed by atoms with E-state index in [9.17, 15) is 18.3 Å². The molecule has 41 heavy (non-hydrogen) atoms. The van der Waals surface area contributed by atoms with Gasteiger partial charge in [0, 0.05) is 17.0 Å². The molecule has 0 amide bonds. The molecular formula is C32H37N3O4S2. The summed E-state index contributed by atoms with van der Waals surface area (Å²) in [5.41, 5.74) is 6.25. The fraction of sp³-hybridized carbons (Fsp3) is 0.312. The van der Waals surface area contributed by atoms with E-state index in [1.807, 2.05) is 63.4 Å². The predicted molar refractivity (Wildman–Crippen MR) is 166 cm³/mol. The van der Waals surface area contributed by atoms with Gasteiger partial charge < -0.3 is 14.8 Å². The monoisotopic (exact) mass is 591 g/mol. The van der Waals surface area contributed by atoms with E-state index < -0.39 is 16.0 Å². The number of carboxylic acids is 1. The number of rotatable bonds is 12. The number of nitrogens with one attached hydrogen (secondary N) is 1. The van der Waals surface area contributed by atoms with E-state index in [1.54, 1.807) is 16.7 Å². The highest BCUT2D eigenvalue weighted by atomic mass is 32.2. The quantitative estimate of drug-likeness (QED) is 0.244. The van der Waals surface area contributed by atoms with Gasteiger partial charge in [-0.3, -0.25) is 0 Å². The fourth-order valence-electron chi connectivity index (χ4n) is 4.65. The molecule has 0 radical (unpaired) electrons. The number of sulfonamides is 1. The first kappa shape index (κ1) is 30.6. The maximum atomic E-state index is 12.2. The molecular weight excluding hydrogens is 555 g/mol. The number of allylic oxidation sites excluding steroid dienone is 4. The summed E-state index contributed by atoms with van der Waals surface area (Å²) in [4.78, 5) is 14.2. The molecule has 9 heteroatoms. The highest BCUT2D eigenvalue weighted by Crippen LogP contribution is 2.46. The van der Waals surface area contributed by atoms with Gasteiger partial charge in [0.15, 0.2) is 12.7 Å². The van der Waals surface area contributed by atoms with Gasteiger partial charge in [-0.05, 0) is 62.6 Å². The lowest BCUT2D eigenvalue weighted by Crippen LogP contribution is -2.41. The van der Waals surface area contributed by atoms with Gasteiger partial charge in [0.25, 0.3) is 0 Å². The van der Waals surface area contributed by atoms with Crippen molar-refractivity contribution in [3.8, 4) is 0 Å². The smallest absolute Gasteiger partial charge is 0.213 e. The van der Waals surface area contributed by atoms with Crippen LogP contribution in [0.5, 0.6) is 0 Å². The Bertz CT molecular complexity index is 1640. The molecule has 216 valence electrons. The van der Waals surface area contributed by atoms with E-state index in [2.05, 4.69) is 46.6 Å². The van der Waals surface area contributed by atoms with Crippen LogP contribution < -0.4 is 19.3 Å². The second-order valence-electron chi connectivity index (χ2n) is 10.3. The van der Waals surface area contributed by atoms with E-state index in [-0.39, 0.29) is 12.3 Å². The molecule has 1 aliphatic heterocycles. The number of unbranched alkanes of at least 4 members (excludes halogenated alkanes) is 1. The van der Waals surface area contributed by atoms with Crippen LogP contribution in [0.15, 0.2) is 82.4 Å². The summed E-state index contributed by atoms with van der Waals surface area (Å²) in [6.45, 7) is 8.73. The number of carbonyl (C=O) groups excluding carboxylic acids is 1. The molecule has 0 spiro atoms. The molecule has 0 unspecified atom stereocenters. The molecule has 1 N–H and O–H groups in total. The van der Waals surface area contributed by atoms with Crippen LogP contribution in [0.25, 0.3) is 17.0 Å². The second kappa shape index (κ2) is 13.5. The Labute approximate surface area is 247 Å². The van der Waals surface area contributed by atoms with Crippen molar-refractivity contribution in [1.29, 1.82) is 0 Å². The van der Waals surface area contributed by atoms with Crippen LogP contribution in [0.4, 0.5) is 5.69 Å². The highest BCUT2D eigenvalue weighted by Gasteiger charge is 2.24. The Morgan fingerprint density at radius 1 is 1.12 bits per heavy atom. The Morgan fingerprint density at radius 2 is 1.88 bits per heavy atom. The molecule has 0 saturated carbocycles. The largest absolute Gasteiger partial charge is 0.548 e. The number of thioether (sulfide) groups is 1. The van der Waals surface area contributed by atoms with Crippen LogP contribution in [0.3, 0.4) is 0 Å². The lowest BCUT2D eigenvalue weighted by Gasteiger charge is -2.20. The first-order valence-corrected chi connectivity index (χ1v) is 16.3. The first-order valence-electron chi connectivity index (χ1n) is 13.8. The van der Waals surface area contributed by atoms with Gasteiger partial charge >= 0.3 is 0 Å². The highest BCUT2D eigenvalue weighted by molar-refractivity contribution is 8.03. The fourth-order valence-corrected chi connectivity index (χ4v) is 7.03. The van der Waals surface area contributed by atoms with Crippen LogP contribution in [0.2, 0.25) is 0 Å². The maximum absolute atomic E-state index is 12.2. The topological polar surface area (TPSA) is 93.4 Å². The molecule has 0 fully saturated rings. The number of pyridine rings is 1. The van der Waals surface area contributed by atoms with Gasteiger partial charge in [-0.2, -0.15) is 4.57 Å². The number of carboxylic acid groups (broad SMARTS) is 1. The van der Waals surface area contributed by atoms with Gasteiger partial charge in [-0.25, -0.2) is 13.1 Å². The summed E-state index contributed by atoms with van der Waals surface area (Å²) in [7, 11) is -3.26. The number of anilines is 1. The number of fused-ring (bicyclic) bond motifs is 2. The molecule has 4 rings (SSSR count). The molecule has 1 aromatic heterocycles. The number of benzene rings is 2. The molecule has 0 atom stereocenters. The first-order chi connectivity index (χ1) is 19.6. The number of carbonyl (C=O) groups is 1. The molecule has 0 aliphatic carbocycles. The van der Waals surface area contributed by atoms with Crippen molar-refractivity contribution in [2.75, 3.05) is 23.7 Å². The minimum absolute atomic E-state index is 0.154. The van der Waals surface area contributed by atoms with Gasteiger partial charge in [-0.15, -0.1) is 0 Å². The summed E-state index contributed by atoms with van der Waals surface area (Å²) >= 11 is 1.56. The van der Waals surface area contributed by atoms with Crippen LogP contribution in [-0.2, 0) is 21.4 Å². The summed E-state index contributed by atoms with van der Waals surface area (Å²) < 4.78 is 29.2. The minimum atomic E-state index is -3.26. The molecule has 7 nitrogen and oxygen atoms in total. The van der Waals surface area contributed by atoms with Crippen molar-refractivity contribution in [3.05, 3.63) is 94.2 Å². The summed E-state index contributed by atoms with van der Waals surface area (Å²) in [6, 6.07) is 14.3. The van der Waals surface area contributed by atoms with Crippen molar-refractivity contribution in [2.45, 2.75) is 52.0 Å². The number of aryl methyl sites for hydroxylation is 2. The van der Waals surface area contributed by atoms with Crippen molar-refractivity contribution in [1.82, 2.24) is 4.72 Å². The normalized spacial score (nSPS) is 14.9. The molecule has 0 saturated heterocycles. The maximum Gasteiger partial charge on any atom is 0.213 e. The second-order valence-corrected chi connectivity index (χ2v) is 13.3. The zero-order valence-electron chi connectivity index (χ0n) is 24.0. The van der Waals surface area contributed by atoms with E-state index in [0.29, 0.717) is 19.5 Å².